The van der Waals surface area contributed by atoms with Crippen molar-refractivity contribution in [1.29, 1.82) is 0 Å². The molecule has 1 amide bonds. The molecule has 202 valence electrons. The van der Waals surface area contributed by atoms with Gasteiger partial charge in [0.2, 0.25) is 0 Å². The Balaban J connectivity index is 2.05. The first kappa shape index (κ1) is 28.9. The van der Waals surface area contributed by atoms with E-state index in [1.807, 2.05) is 6.92 Å². The van der Waals surface area contributed by atoms with Crippen LogP contribution in [0, 0.1) is 12.7 Å². The van der Waals surface area contributed by atoms with Crippen molar-refractivity contribution >= 4 is 21.3 Å². The maximum Gasteiger partial charge on any atom is 0.301 e. The van der Waals surface area contributed by atoms with Gasteiger partial charge in [-0.1, -0.05) is 25.2 Å². The van der Waals surface area contributed by atoms with E-state index in [4.69, 9.17) is 0 Å². The normalized spacial score (nSPS) is 13.3. The van der Waals surface area contributed by atoms with E-state index in [2.05, 4.69) is 22.0 Å². The lowest BCUT2D eigenvalue weighted by Gasteiger charge is -2.28. The van der Waals surface area contributed by atoms with Crippen LogP contribution in [0.25, 0.3) is 11.3 Å². The first-order valence-electron chi connectivity index (χ1n) is 11.5. The van der Waals surface area contributed by atoms with E-state index >= 15 is 0 Å². The molecule has 4 N–H and O–H groups in total. The van der Waals surface area contributed by atoms with Gasteiger partial charge in [-0.25, -0.2) is 22.5 Å². The number of aromatic nitrogens is 3. The molecule has 12 heteroatoms. The average Bonchev–Trinajstić information content (AvgIpc) is 3.22. The monoisotopic (exact) mass is 544 g/mol. The predicted molar refractivity (Wildman–Crippen MR) is 138 cm³/mol. The molecule has 2 heterocycles. The number of nitrogens with zero attached hydrogens (tertiary/aromatic N) is 3. The van der Waals surface area contributed by atoms with Crippen LogP contribution in [0.3, 0.4) is 0 Å². The molecule has 1 aromatic carbocycles. The highest BCUT2D eigenvalue weighted by atomic mass is 32.2. The minimum absolute atomic E-state index is 0.0945. The molecule has 0 saturated heterocycles. The van der Waals surface area contributed by atoms with Crippen LogP contribution in [0.1, 0.15) is 42.6 Å². The third kappa shape index (κ3) is 6.78. The molecular formula is C26H29FN4O6S. The molecule has 3 aromatic rings. The zero-order chi connectivity index (χ0) is 28.3. The standard InChI is InChI=1S/C26H29FN4O6S/c1-5-16(2)6-11-21(22-15-29-31(17(22)3)20-9-7-19(27)8-10-20)25(32)30-24(26(33,34)35)18-12-13-28-23(14-18)38(4,36)37/h7-15,24,33-35H,2,5-6H2,1,3-4H3,(H,30,32). The fourth-order valence-electron chi connectivity index (χ4n) is 3.65. The number of halogens is 1. The average molecular weight is 545 g/mol. The van der Waals surface area contributed by atoms with Gasteiger partial charge in [0.05, 0.1) is 11.9 Å². The van der Waals surface area contributed by atoms with Gasteiger partial charge in [-0.15, -0.1) is 0 Å². The lowest BCUT2D eigenvalue weighted by Crippen LogP contribution is -2.46. The molecular weight excluding hydrogens is 515 g/mol. The SMILES string of the molecule is C=C(CC)CC=C(C(=O)NC(c1ccnc(S(C)(=O)=O)c1)C(O)(O)O)c1cnn(-c2ccc(F)cc2)c1C. The third-order valence-electron chi connectivity index (χ3n) is 5.85. The van der Waals surface area contributed by atoms with Crippen LogP contribution in [-0.2, 0) is 14.6 Å². The van der Waals surface area contributed by atoms with E-state index in [0.717, 1.165) is 24.1 Å². The fraction of sp³-hybridized carbons (Fsp3) is 0.269. The van der Waals surface area contributed by atoms with Crippen molar-refractivity contribution in [3.63, 3.8) is 0 Å². The summed E-state index contributed by atoms with van der Waals surface area (Å²) in [5.41, 5.74) is 2.28. The van der Waals surface area contributed by atoms with Gasteiger partial charge in [0.15, 0.2) is 14.9 Å². The van der Waals surface area contributed by atoms with Gasteiger partial charge in [-0.3, -0.25) is 4.79 Å². The van der Waals surface area contributed by atoms with Crippen molar-refractivity contribution in [1.82, 2.24) is 20.1 Å². The second kappa shape index (κ2) is 11.4. The highest BCUT2D eigenvalue weighted by Crippen LogP contribution is 2.28. The predicted octanol–water partition coefficient (Wildman–Crippen LogP) is 2.35. The van der Waals surface area contributed by atoms with Gasteiger partial charge in [0.25, 0.3) is 5.91 Å². The number of amides is 1. The maximum atomic E-state index is 13.5. The van der Waals surface area contributed by atoms with E-state index in [0.29, 0.717) is 29.8 Å². The van der Waals surface area contributed by atoms with E-state index in [9.17, 15) is 32.9 Å². The number of nitrogens with one attached hydrogen (secondary N) is 1. The largest absolute Gasteiger partial charge is 0.342 e. The summed E-state index contributed by atoms with van der Waals surface area (Å²) in [4.78, 5) is 17.3. The van der Waals surface area contributed by atoms with Crippen LogP contribution >= 0.6 is 0 Å². The molecule has 38 heavy (non-hydrogen) atoms. The summed E-state index contributed by atoms with van der Waals surface area (Å²) in [6.07, 6.45) is 6.03. The number of allylic oxidation sites excluding steroid dienone is 2. The van der Waals surface area contributed by atoms with E-state index < -0.39 is 33.6 Å². The highest BCUT2D eigenvalue weighted by molar-refractivity contribution is 7.90. The molecule has 0 aliphatic heterocycles. The van der Waals surface area contributed by atoms with Gasteiger partial charge in [-0.05, 0) is 61.7 Å². The summed E-state index contributed by atoms with van der Waals surface area (Å²) in [6.45, 7) is 7.56. The summed E-state index contributed by atoms with van der Waals surface area (Å²) in [6, 6.07) is 6.02. The summed E-state index contributed by atoms with van der Waals surface area (Å²) in [7, 11) is -3.77. The van der Waals surface area contributed by atoms with E-state index in [1.54, 1.807) is 13.0 Å². The minimum atomic E-state index is -3.77. The zero-order valence-corrected chi connectivity index (χ0v) is 21.9. The van der Waals surface area contributed by atoms with Gasteiger partial charge in [0.1, 0.15) is 11.9 Å². The fourth-order valence-corrected chi connectivity index (χ4v) is 4.25. The topological polar surface area (TPSA) is 155 Å². The first-order valence-corrected chi connectivity index (χ1v) is 13.4. The first-order chi connectivity index (χ1) is 17.7. The number of pyridine rings is 1. The zero-order valence-electron chi connectivity index (χ0n) is 21.1. The van der Waals surface area contributed by atoms with Crippen LogP contribution in [0.2, 0.25) is 0 Å². The molecule has 0 bridgehead atoms. The number of hydrogen-bond acceptors (Lipinski definition) is 8. The number of sulfone groups is 1. The van der Waals surface area contributed by atoms with Crippen LogP contribution in [0.15, 0.2) is 72.0 Å². The maximum absolute atomic E-state index is 13.5. The highest BCUT2D eigenvalue weighted by Gasteiger charge is 2.37. The Labute approximate surface area is 219 Å². The molecule has 0 aliphatic rings. The number of carbonyl (C=O) groups is 1. The van der Waals surface area contributed by atoms with Gasteiger partial charge in [-0.2, -0.15) is 5.10 Å². The lowest BCUT2D eigenvalue weighted by atomic mass is 10.0. The van der Waals surface area contributed by atoms with Crippen LogP contribution in [-0.4, -0.2) is 56.6 Å². The number of hydrogen-bond donors (Lipinski definition) is 4. The number of aliphatic hydroxyl groups is 3. The van der Waals surface area contributed by atoms with E-state index in [-0.39, 0.29) is 16.2 Å². The molecule has 0 radical (unpaired) electrons. The van der Waals surface area contributed by atoms with Crippen molar-refractivity contribution in [2.24, 2.45) is 0 Å². The van der Waals surface area contributed by atoms with Crippen LogP contribution < -0.4 is 5.32 Å². The molecule has 0 saturated carbocycles. The molecule has 0 spiro atoms. The summed E-state index contributed by atoms with van der Waals surface area (Å²) in [5, 5.41) is 36.5. The van der Waals surface area contributed by atoms with Crippen LogP contribution in [0.5, 0.6) is 0 Å². The number of benzene rings is 1. The minimum Gasteiger partial charge on any atom is -0.342 e. The molecule has 2 aromatic heterocycles. The molecule has 1 atom stereocenters. The summed E-state index contributed by atoms with van der Waals surface area (Å²) in [5.74, 6) is -4.67. The smallest absolute Gasteiger partial charge is 0.301 e. The number of carbonyl (C=O) groups excluding carboxylic acids is 1. The third-order valence-corrected chi connectivity index (χ3v) is 6.83. The molecule has 0 fully saturated rings. The van der Waals surface area contributed by atoms with Crippen molar-refractivity contribution in [3.05, 3.63) is 89.7 Å². The van der Waals surface area contributed by atoms with Crippen molar-refractivity contribution < 1.29 is 32.9 Å². The molecule has 3 rings (SSSR count). The van der Waals surface area contributed by atoms with Crippen molar-refractivity contribution in [2.75, 3.05) is 6.26 Å². The second-order valence-corrected chi connectivity index (χ2v) is 10.7. The molecule has 0 aliphatic carbocycles. The quantitative estimate of drug-likeness (QED) is 0.172. The van der Waals surface area contributed by atoms with Gasteiger partial charge >= 0.3 is 5.97 Å². The number of rotatable bonds is 10. The van der Waals surface area contributed by atoms with Gasteiger partial charge < -0.3 is 20.6 Å². The Morgan fingerprint density at radius 3 is 2.47 bits per heavy atom. The molecule has 1 unspecified atom stereocenters. The Morgan fingerprint density at radius 2 is 1.89 bits per heavy atom. The second-order valence-electron chi connectivity index (χ2n) is 8.75. The Bertz CT molecular complexity index is 1470. The van der Waals surface area contributed by atoms with Crippen LogP contribution in [0.4, 0.5) is 4.39 Å². The summed E-state index contributed by atoms with van der Waals surface area (Å²) >= 11 is 0. The Hall–Kier alpha value is -3.71. The van der Waals surface area contributed by atoms with Crippen molar-refractivity contribution in [3.8, 4) is 5.69 Å². The Morgan fingerprint density at radius 1 is 1.24 bits per heavy atom. The van der Waals surface area contributed by atoms with Gasteiger partial charge in [0, 0.05) is 29.3 Å². The Kier molecular flexibility index (Phi) is 8.62. The van der Waals surface area contributed by atoms with E-state index in [1.165, 1.54) is 41.2 Å². The summed E-state index contributed by atoms with van der Waals surface area (Å²) < 4.78 is 38.8. The molecule has 10 nitrogen and oxygen atoms in total. The lowest BCUT2D eigenvalue weighted by molar-refractivity contribution is -0.328. The van der Waals surface area contributed by atoms with Crippen molar-refractivity contribution in [2.45, 2.75) is 43.7 Å².